The summed E-state index contributed by atoms with van der Waals surface area (Å²) in [7, 11) is 1.19. The van der Waals surface area contributed by atoms with Gasteiger partial charge in [-0.3, -0.25) is 9.59 Å². The SMILES string of the molecule is COC(=O)C(C)OC(=O)Cn1cc(N)ccc1=O. The summed E-state index contributed by atoms with van der Waals surface area (Å²) >= 11 is 0. The third-order valence-corrected chi connectivity index (χ3v) is 2.15. The number of anilines is 1. The topological polar surface area (TPSA) is 101 Å². The van der Waals surface area contributed by atoms with Crippen molar-refractivity contribution < 1.29 is 19.1 Å². The van der Waals surface area contributed by atoms with E-state index < -0.39 is 18.0 Å². The second-order valence-corrected chi connectivity index (χ2v) is 3.58. The van der Waals surface area contributed by atoms with E-state index in [2.05, 4.69) is 4.74 Å². The quantitative estimate of drug-likeness (QED) is 0.729. The van der Waals surface area contributed by atoms with Gasteiger partial charge >= 0.3 is 11.9 Å². The van der Waals surface area contributed by atoms with E-state index in [0.717, 1.165) is 4.57 Å². The molecule has 0 saturated heterocycles. The number of methoxy groups -OCH3 is 1. The minimum Gasteiger partial charge on any atom is -0.466 e. The van der Waals surface area contributed by atoms with Gasteiger partial charge in [0, 0.05) is 18.0 Å². The van der Waals surface area contributed by atoms with Gasteiger partial charge in [0.1, 0.15) is 6.54 Å². The number of nitrogens with two attached hydrogens (primary N) is 1. The van der Waals surface area contributed by atoms with Crippen LogP contribution < -0.4 is 11.3 Å². The first-order valence-electron chi connectivity index (χ1n) is 5.17. The summed E-state index contributed by atoms with van der Waals surface area (Å²) in [5.74, 6) is -1.39. The molecular weight excluding hydrogens is 240 g/mol. The van der Waals surface area contributed by atoms with Crippen LogP contribution in [0.2, 0.25) is 0 Å². The maximum atomic E-state index is 11.5. The Morgan fingerprint density at radius 1 is 1.44 bits per heavy atom. The molecule has 1 unspecified atom stereocenters. The molecule has 0 bridgehead atoms. The molecule has 0 aliphatic heterocycles. The number of hydrogen-bond donors (Lipinski definition) is 1. The van der Waals surface area contributed by atoms with Crippen molar-refractivity contribution in [2.75, 3.05) is 12.8 Å². The Balaban J connectivity index is 2.68. The molecule has 0 amide bonds. The van der Waals surface area contributed by atoms with Gasteiger partial charge in [0.15, 0.2) is 6.10 Å². The molecule has 0 saturated carbocycles. The number of aromatic nitrogens is 1. The van der Waals surface area contributed by atoms with E-state index in [1.54, 1.807) is 0 Å². The molecule has 0 radical (unpaired) electrons. The van der Waals surface area contributed by atoms with Crippen molar-refractivity contribution in [3.63, 3.8) is 0 Å². The Labute approximate surface area is 103 Å². The number of ether oxygens (including phenoxy) is 2. The standard InChI is InChI=1S/C11H14N2O5/c1-7(11(16)17-2)18-10(15)6-13-5-8(12)3-4-9(13)14/h3-5,7H,6,12H2,1-2H3. The maximum absolute atomic E-state index is 11.5. The lowest BCUT2D eigenvalue weighted by Crippen LogP contribution is -2.30. The van der Waals surface area contributed by atoms with Crippen molar-refractivity contribution in [1.82, 2.24) is 4.57 Å². The summed E-state index contributed by atoms with van der Waals surface area (Å²) in [4.78, 5) is 33.9. The Morgan fingerprint density at radius 3 is 2.72 bits per heavy atom. The predicted molar refractivity (Wildman–Crippen MR) is 62.7 cm³/mol. The maximum Gasteiger partial charge on any atom is 0.346 e. The van der Waals surface area contributed by atoms with Crippen molar-refractivity contribution in [3.8, 4) is 0 Å². The molecule has 1 atom stereocenters. The number of rotatable bonds is 4. The van der Waals surface area contributed by atoms with Crippen molar-refractivity contribution in [1.29, 1.82) is 0 Å². The molecule has 1 aromatic rings. The minimum atomic E-state index is -1.01. The first-order valence-corrected chi connectivity index (χ1v) is 5.17. The summed E-state index contributed by atoms with van der Waals surface area (Å²) in [6, 6.07) is 2.67. The van der Waals surface area contributed by atoms with E-state index in [0.29, 0.717) is 5.69 Å². The smallest absolute Gasteiger partial charge is 0.346 e. The number of carbonyl (C=O) groups is 2. The van der Waals surface area contributed by atoms with Crippen LogP contribution in [0.25, 0.3) is 0 Å². The van der Waals surface area contributed by atoms with E-state index in [9.17, 15) is 14.4 Å². The molecule has 2 N–H and O–H groups in total. The molecule has 0 aliphatic carbocycles. The van der Waals surface area contributed by atoms with E-state index in [4.69, 9.17) is 10.5 Å². The van der Waals surface area contributed by atoms with E-state index in [-0.39, 0.29) is 12.1 Å². The monoisotopic (exact) mass is 254 g/mol. The second-order valence-electron chi connectivity index (χ2n) is 3.58. The predicted octanol–water partition coefficient (Wildman–Crippen LogP) is -0.465. The number of nitrogens with zero attached hydrogens (tertiary/aromatic N) is 1. The van der Waals surface area contributed by atoms with Crippen LogP contribution in [0, 0.1) is 0 Å². The van der Waals surface area contributed by atoms with Crippen LogP contribution in [0.1, 0.15) is 6.92 Å². The van der Waals surface area contributed by atoms with Crippen molar-refractivity contribution >= 4 is 17.6 Å². The Hall–Kier alpha value is -2.31. The van der Waals surface area contributed by atoms with Crippen LogP contribution in [0.3, 0.4) is 0 Å². The number of pyridine rings is 1. The van der Waals surface area contributed by atoms with Crippen LogP contribution in [0.15, 0.2) is 23.1 Å². The molecule has 1 aromatic heterocycles. The molecule has 0 aliphatic rings. The normalized spacial score (nSPS) is 11.7. The molecule has 0 spiro atoms. The highest BCUT2D eigenvalue weighted by atomic mass is 16.6. The number of nitrogen functional groups attached to an aromatic ring is 1. The zero-order chi connectivity index (χ0) is 13.7. The van der Waals surface area contributed by atoms with Gasteiger partial charge in [-0.15, -0.1) is 0 Å². The zero-order valence-electron chi connectivity index (χ0n) is 10.1. The van der Waals surface area contributed by atoms with Crippen LogP contribution in [0.5, 0.6) is 0 Å². The highest BCUT2D eigenvalue weighted by Gasteiger charge is 2.18. The summed E-state index contributed by atoms with van der Waals surface area (Å²) < 4.78 is 10.3. The summed E-state index contributed by atoms with van der Waals surface area (Å²) in [5, 5.41) is 0. The molecule has 7 heteroatoms. The average molecular weight is 254 g/mol. The van der Waals surface area contributed by atoms with Crippen LogP contribution in [0.4, 0.5) is 5.69 Å². The number of esters is 2. The Morgan fingerprint density at radius 2 is 2.11 bits per heavy atom. The Bertz CT molecular complexity index is 508. The van der Waals surface area contributed by atoms with Gasteiger partial charge < -0.3 is 19.8 Å². The fraction of sp³-hybridized carbons (Fsp3) is 0.364. The highest BCUT2D eigenvalue weighted by molar-refractivity contribution is 5.78. The molecule has 1 rings (SSSR count). The minimum absolute atomic E-state index is 0.314. The highest BCUT2D eigenvalue weighted by Crippen LogP contribution is 1.99. The van der Waals surface area contributed by atoms with Gasteiger partial charge in [0.05, 0.1) is 7.11 Å². The lowest BCUT2D eigenvalue weighted by molar-refractivity contribution is -0.165. The largest absolute Gasteiger partial charge is 0.466 e. The third kappa shape index (κ3) is 3.62. The fourth-order valence-electron chi connectivity index (χ4n) is 1.26. The summed E-state index contributed by atoms with van der Waals surface area (Å²) in [6.07, 6.45) is 0.311. The van der Waals surface area contributed by atoms with Gasteiger partial charge in [-0.2, -0.15) is 0 Å². The van der Waals surface area contributed by atoms with E-state index in [1.165, 1.54) is 32.4 Å². The van der Waals surface area contributed by atoms with Gasteiger partial charge in [0.25, 0.3) is 5.56 Å². The lowest BCUT2D eigenvalue weighted by Gasteiger charge is -2.11. The van der Waals surface area contributed by atoms with Crippen molar-refractivity contribution in [2.24, 2.45) is 0 Å². The summed E-state index contributed by atoms with van der Waals surface area (Å²) in [5.41, 5.74) is 5.46. The third-order valence-electron chi connectivity index (χ3n) is 2.15. The van der Waals surface area contributed by atoms with Gasteiger partial charge in [0.2, 0.25) is 0 Å². The zero-order valence-corrected chi connectivity index (χ0v) is 10.1. The van der Waals surface area contributed by atoms with Gasteiger partial charge in [-0.05, 0) is 13.0 Å². The number of carbonyl (C=O) groups excluding carboxylic acids is 2. The van der Waals surface area contributed by atoms with E-state index in [1.807, 2.05) is 0 Å². The number of hydrogen-bond acceptors (Lipinski definition) is 6. The fourth-order valence-corrected chi connectivity index (χ4v) is 1.26. The lowest BCUT2D eigenvalue weighted by atomic mass is 10.4. The average Bonchev–Trinajstić information content (AvgIpc) is 2.32. The van der Waals surface area contributed by atoms with Crippen LogP contribution >= 0.6 is 0 Å². The van der Waals surface area contributed by atoms with Crippen LogP contribution in [-0.4, -0.2) is 29.7 Å². The van der Waals surface area contributed by atoms with Crippen LogP contribution in [-0.2, 0) is 25.6 Å². The molecular formula is C11H14N2O5. The molecule has 0 fully saturated rings. The van der Waals surface area contributed by atoms with Crippen molar-refractivity contribution in [2.45, 2.75) is 19.6 Å². The molecule has 98 valence electrons. The first-order chi connectivity index (χ1) is 8.43. The molecule has 1 heterocycles. The van der Waals surface area contributed by atoms with Gasteiger partial charge in [-0.25, -0.2) is 4.79 Å². The summed E-state index contributed by atoms with van der Waals surface area (Å²) in [6.45, 7) is 1.07. The first kappa shape index (κ1) is 13.8. The molecule has 18 heavy (non-hydrogen) atoms. The molecule has 7 nitrogen and oxygen atoms in total. The van der Waals surface area contributed by atoms with E-state index >= 15 is 0 Å². The molecule has 0 aromatic carbocycles. The van der Waals surface area contributed by atoms with Crippen molar-refractivity contribution in [3.05, 3.63) is 28.7 Å². The Kier molecular flexibility index (Phi) is 4.47. The second kappa shape index (κ2) is 5.85. The van der Waals surface area contributed by atoms with Gasteiger partial charge in [-0.1, -0.05) is 0 Å².